The lowest BCUT2D eigenvalue weighted by molar-refractivity contribution is 0.435. The lowest BCUT2D eigenvalue weighted by Gasteiger charge is -2.33. The number of rotatable bonds is 4. The smallest absolute Gasteiger partial charge is 0.0466 e. The summed E-state index contributed by atoms with van der Waals surface area (Å²) in [5.74, 6) is 6.36. The molecule has 2 unspecified atom stereocenters. The third-order valence-electron chi connectivity index (χ3n) is 4.27. The average Bonchev–Trinajstić information content (AvgIpc) is 2.44. The normalized spacial score (nSPS) is 18.2. The summed E-state index contributed by atoms with van der Waals surface area (Å²) in [5.41, 5.74) is 8.20. The molecular weight excluding hydrogens is 268 g/mol. The first kappa shape index (κ1) is 13.6. The van der Waals surface area contributed by atoms with E-state index in [0.717, 1.165) is 23.4 Å². The van der Waals surface area contributed by atoms with Gasteiger partial charge in [0.1, 0.15) is 0 Å². The molecule has 20 heavy (non-hydrogen) atoms. The van der Waals surface area contributed by atoms with Gasteiger partial charge in [-0.15, -0.1) is 0 Å². The second-order valence-corrected chi connectivity index (χ2v) is 5.97. The van der Waals surface area contributed by atoms with Gasteiger partial charge in [-0.1, -0.05) is 48.0 Å². The minimum Gasteiger partial charge on any atom is -0.271 e. The van der Waals surface area contributed by atoms with Crippen LogP contribution in [0.4, 0.5) is 0 Å². The van der Waals surface area contributed by atoms with Gasteiger partial charge in [0.15, 0.2) is 0 Å². The summed E-state index contributed by atoms with van der Waals surface area (Å²) in [6, 6.07) is 15.0. The van der Waals surface area contributed by atoms with E-state index >= 15 is 0 Å². The zero-order chi connectivity index (χ0) is 14.1. The highest BCUT2D eigenvalue weighted by molar-refractivity contribution is 6.31. The van der Waals surface area contributed by atoms with E-state index in [-0.39, 0.29) is 6.04 Å². The van der Waals surface area contributed by atoms with Crippen molar-refractivity contribution in [3.05, 3.63) is 69.7 Å². The number of benzene rings is 2. The highest BCUT2D eigenvalue weighted by Crippen LogP contribution is 2.40. The molecule has 0 aliphatic heterocycles. The van der Waals surface area contributed by atoms with Crippen LogP contribution in [0.5, 0.6) is 0 Å². The Morgan fingerprint density at radius 1 is 1.30 bits per heavy atom. The SMILES string of the molecule is Cc1cc(C(CC2Cc3ccccc32)NN)ccc1Cl. The number of hydrogen-bond acceptors (Lipinski definition) is 2. The minimum absolute atomic E-state index is 0.171. The summed E-state index contributed by atoms with van der Waals surface area (Å²) < 4.78 is 0. The average molecular weight is 287 g/mol. The van der Waals surface area contributed by atoms with E-state index in [1.807, 2.05) is 13.0 Å². The van der Waals surface area contributed by atoms with Crippen LogP contribution in [0.3, 0.4) is 0 Å². The molecule has 2 aromatic rings. The molecule has 3 heteroatoms. The van der Waals surface area contributed by atoms with E-state index in [4.69, 9.17) is 17.4 Å². The summed E-state index contributed by atoms with van der Waals surface area (Å²) in [5, 5.41) is 0.804. The summed E-state index contributed by atoms with van der Waals surface area (Å²) in [7, 11) is 0. The molecule has 0 aromatic heterocycles. The van der Waals surface area contributed by atoms with Crippen molar-refractivity contribution >= 4 is 11.6 Å². The summed E-state index contributed by atoms with van der Waals surface area (Å²) in [4.78, 5) is 0. The van der Waals surface area contributed by atoms with Crippen LogP contribution in [0.1, 0.15) is 40.6 Å². The second kappa shape index (κ2) is 5.57. The molecule has 0 radical (unpaired) electrons. The number of halogens is 1. The molecule has 2 nitrogen and oxygen atoms in total. The van der Waals surface area contributed by atoms with Crippen molar-refractivity contribution in [2.75, 3.05) is 0 Å². The molecule has 3 rings (SSSR count). The molecule has 0 amide bonds. The van der Waals surface area contributed by atoms with Crippen LogP contribution in [0.15, 0.2) is 42.5 Å². The molecule has 0 saturated carbocycles. The number of nitrogens with one attached hydrogen (secondary N) is 1. The Hall–Kier alpha value is -1.35. The van der Waals surface area contributed by atoms with Crippen LogP contribution in [-0.2, 0) is 6.42 Å². The first-order valence-electron chi connectivity index (χ1n) is 6.99. The summed E-state index contributed by atoms with van der Waals surface area (Å²) >= 11 is 6.09. The van der Waals surface area contributed by atoms with Gasteiger partial charge >= 0.3 is 0 Å². The highest BCUT2D eigenvalue weighted by Gasteiger charge is 2.28. The zero-order valence-electron chi connectivity index (χ0n) is 11.6. The van der Waals surface area contributed by atoms with Crippen molar-refractivity contribution in [2.24, 2.45) is 5.84 Å². The topological polar surface area (TPSA) is 38.0 Å². The number of nitrogens with two attached hydrogens (primary N) is 1. The van der Waals surface area contributed by atoms with Crippen molar-refractivity contribution in [3.8, 4) is 0 Å². The van der Waals surface area contributed by atoms with Gasteiger partial charge in [-0.2, -0.15) is 0 Å². The molecule has 104 valence electrons. The van der Waals surface area contributed by atoms with Gasteiger partial charge in [0, 0.05) is 11.1 Å². The Morgan fingerprint density at radius 3 is 2.80 bits per heavy atom. The molecule has 0 fully saturated rings. The fourth-order valence-electron chi connectivity index (χ4n) is 3.04. The van der Waals surface area contributed by atoms with Crippen LogP contribution in [0.25, 0.3) is 0 Å². The molecule has 1 aliphatic rings. The summed E-state index contributed by atoms with van der Waals surface area (Å²) in [6.07, 6.45) is 2.18. The standard InChI is InChI=1S/C17H19ClN2/c1-11-8-13(6-7-16(11)18)17(20-19)10-14-9-12-4-2-3-5-15(12)14/h2-8,14,17,20H,9-10,19H2,1H3. The van der Waals surface area contributed by atoms with E-state index in [0.29, 0.717) is 5.92 Å². The van der Waals surface area contributed by atoms with Gasteiger partial charge in [-0.3, -0.25) is 11.3 Å². The van der Waals surface area contributed by atoms with E-state index < -0.39 is 0 Å². The maximum Gasteiger partial charge on any atom is 0.0466 e. The van der Waals surface area contributed by atoms with Gasteiger partial charge in [0.25, 0.3) is 0 Å². The van der Waals surface area contributed by atoms with Crippen LogP contribution >= 0.6 is 11.6 Å². The number of fused-ring (bicyclic) bond motifs is 1. The molecule has 0 heterocycles. The van der Waals surface area contributed by atoms with Crippen molar-refractivity contribution in [3.63, 3.8) is 0 Å². The fourth-order valence-corrected chi connectivity index (χ4v) is 3.16. The van der Waals surface area contributed by atoms with Crippen molar-refractivity contribution < 1.29 is 0 Å². The maximum atomic E-state index is 6.09. The Balaban J connectivity index is 1.77. The molecule has 3 N–H and O–H groups in total. The number of hydrogen-bond donors (Lipinski definition) is 2. The Bertz CT molecular complexity index is 624. The third-order valence-corrected chi connectivity index (χ3v) is 4.69. The van der Waals surface area contributed by atoms with Gasteiger partial charge in [0.2, 0.25) is 0 Å². The monoisotopic (exact) mass is 286 g/mol. The van der Waals surface area contributed by atoms with Crippen LogP contribution < -0.4 is 11.3 Å². The molecule has 1 aliphatic carbocycles. The maximum absolute atomic E-state index is 6.09. The number of hydrazine groups is 1. The Labute approximate surface area is 124 Å². The van der Waals surface area contributed by atoms with E-state index in [1.165, 1.54) is 16.7 Å². The lowest BCUT2D eigenvalue weighted by atomic mass is 9.74. The first-order valence-corrected chi connectivity index (χ1v) is 7.37. The van der Waals surface area contributed by atoms with E-state index in [9.17, 15) is 0 Å². The largest absolute Gasteiger partial charge is 0.271 e. The highest BCUT2D eigenvalue weighted by atomic mass is 35.5. The third kappa shape index (κ3) is 2.47. The van der Waals surface area contributed by atoms with Gasteiger partial charge in [-0.05, 0) is 54.0 Å². The molecule has 0 bridgehead atoms. The van der Waals surface area contributed by atoms with Crippen molar-refractivity contribution in [1.82, 2.24) is 5.43 Å². The number of aryl methyl sites for hydroxylation is 1. The van der Waals surface area contributed by atoms with Crippen molar-refractivity contribution in [2.45, 2.75) is 31.7 Å². The fraction of sp³-hybridized carbons (Fsp3) is 0.294. The van der Waals surface area contributed by atoms with E-state index in [1.54, 1.807) is 0 Å². The van der Waals surface area contributed by atoms with Crippen molar-refractivity contribution in [1.29, 1.82) is 0 Å². The first-order chi connectivity index (χ1) is 9.69. The molecule has 2 atom stereocenters. The van der Waals surface area contributed by atoms with Crippen LogP contribution in [-0.4, -0.2) is 0 Å². The van der Waals surface area contributed by atoms with Crippen LogP contribution in [0, 0.1) is 6.92 Å². The molecular formula is C17H19ClN2. The predicted molar refractivity (Wildman–Crippen MR) is 83.8 cm³/mol. The van der Waals surface area contributed by atoms with Gasteiger partial charge in [-0.25, -0.2) is 0 Å². The second-order valence-electron chi connectivity index (χ2n) is 5.56. The Kier molecular flexibility index (Phi) is 3.79. The zero-order valence-corrected chi connectivity index (χ0v) is 12.3. The minimum atomic E-state index is 0.171. The van der Waals surface area contributed by atoms with Gasteiger partial charge < -0.3 is 0 Å². The van der Waals surface area contributed by atoms with Crippen LogP contribution in [0.2, 0.25) is 5.02 Å². The molecule has 0 saturated heterocycles. The molecule has 0 spiro atoms. The Morgan fingerprint density at radius 2 is 2.10 bits per heavy atom. The molecule has 2 aromatic carbocycles. The predicted octanol–water partition coefficient (Wildman–Crippen LogP) is 3.88. The quantitative estimate of drug-likeness (QED) is 0.661. The van der Waals surface area contributed by atoms with Gasteiger partial charge in [0.05, 0.1) is 0 Å². The summed E-state index contributed by atoms with van der Waals surface area (Å²) in [6.45, 7) is 2.03. The van der Waals surface area contributed by atoms with E-state index in [2.05, 4.69) is 41.8 Å². The lowest BCUT2D eigenvalue weighted by Crippen LogP contribution is -2.31.